The standard InChI is InChI=1S/C18H16ClFN4O/c1-25-12-7-5-11(6-8-12)15-9-16(24-18(23-15)21-10-22-24)17-13(19)3-2-4-14(17)20/h2-8,10,15-16H,9H2,1H3,(H,21,22,23). The summed E-state index contributed by atoms with van der Waals surface area (Å²) in [5.41, 5.74) is 1.50. The predicted molar refractivity (Wildman–Crippen MR) is 93.5 cm³/mol. The van der Waals surface area contributed by atoms with Gasteiger partial charge in [-0.05, 0) is 36.2 Å². The maximum absolute atomic E-state index is 14.5. The van der Waals surface area contributed by atoms with Crippen molar-refractivity contribution in [2.24, 2.45) is 0 Å². The van der Waals surface area contributed by atoms with Crippen LogP contribution >= 0.6 is 11.6 Å². The van der Waals surface area contributed by atoms with Crippen LogP contribution in [0.15, 0.2) is 48.8 Å². The first-order valence-corrected chi connectivity index (χ1v) is 8.29. The number of hydrogen-bond acceptors (Lipinski definition) is 4. The lowest BCUT2D eigenvalue weighted by Gasteiger charge is -2.32. The number of nitrogens with one attached hydrogen (secondary N) is 1. The number of ether oxygens (including phenoxy) is 1. The zero-order valence-corrected chi connectivity index (χ0v) is 14.2. The largest absolute Gasteiger partial charge is 0.497 e. The predicted octanol–water partition coefficient (Wildman–Crippen LogP) is 4.23. The number of fused-ring (bicyclic) bond motifs is 1. The average molecular weight is 359 g/mol. The van der Waals surface area contributed by atoms with Crippen molar-refractivity contribution in [2.45, 2.75) is 18.5 Å². The van der Waals surface area contributed by atoms with Gasteiger partial charge in [0.25, 0.3) is 0 Å². The minimum Gasteiger partial charge on any atom is -0.497 e. The van der Waals surface area contributed by atoms with Gasteiger partial charge in [0.1, 0.15) is 17.9 Å². The second kappa shape index (κ2) is 6.37. The molecule has 2 atom stereocenters. The van der Waals surface area contributed by atoms with E-state index in [1.165, 1.54) is 12.4 Å². The maximum Gasteiger partial charge on any atom is 0.222 e. The first-order chi connectivity index (χ1) is 12.2. The quantitative estimate of drug-likeness (QED) is 0.761. The molecule has 0 bridgehead atoms. The molecule has 2 unspecified atom stereocenters. The molecule has 1 aliphatic rings. The van der Waals surface area contributed by atoms with E-state index in [0.717, 1.165) is 11.3 Å². The van der Waals surface area contributed by atoms with Gasteiger partial charge in [-0.3, -0.25) is 0 Å². The topological polar surface area (TPSA) is 52.0 Å². The number of benzene rings is 2. The van der Waals surface area contributed by atoms with Gasteiger partial charge in [0.05, 0.1) is 19.2 Å². The molecule has 2 heterocycles. The highest BCUT2D eigenvalue weighted by Gasteiger charge is 2.32. The highest BCUT2D eigenvalue weighted by atomic mass is 35.5. The van der Waals surface area contributed by atoms with Gasteiger partial charge in [0.2, 0.25) is 5.95 Å². The van der Waals surface area contributed by atoms with Crippen LogP contribution in [-0.4, -0.2) is 21.9 Å². The normalized spacial score (nSPS) is 19.2. The zero-order chi connectivity index (χ0) is 17.4. The molecule has 25 heavy (non-hydrogen) atoms. The van der Waals surface area contributed by atoms with Crippen LogP contribution in [0.3, 0.4) is 0 Å². The van der Waals surface area contributed by atoms with E-state index >= 15 is 0 Å². The number of halogens is 2. The molecule has 1 aromatic heterocycles. The molecular weight excluding hydrogens is 343 g/mol. The van der Waals surface area contributed by atoms with Crippen molar-refractivity contribution in [3.8, 4) is 5.75 Å². The molecule has 0 aliphatic carbocycles. The van der Waals surface area contributed by atoms with Gasteiger partial charge in [0, 0.05) is 10.6 Å². The molecule has 1 aliphatic heterocycles. The van der Waals surface area contributed by atoms with Crippen LogP contribution in [0.25, 0.3) is 0 Å². The first-order valence-electron chi connectivity index (χ1n) is 7.91. The zero-order valence-electron chi connectivity index (χ0n) is 13.5. The van der Waals surface area contributed by atoms with Gasteiger partial charge in [-0.25, -0.2) is 9.07 Å². The molecule has 0 saturated heterocycles. The van der Waals surface area contributed by atoms with Crippen LogP contribution in [0.4, 0.5) is 10.3 Å². The van der Waals surface area contributed by atoms with Gasteiger partial charge >= 0.3 is 0 Å². The Hall–Kier alpha value is -2.60. The monoisotopic (exact) mass is 358 g/mol. The number of anilines is 1. The van der Waals surface area contributed by atoms with Crippen LogP contribution in [0.5, 0.6) is 5.75 Å². The summed E-state index contributed by atoms with van der Waals surface area (Å²) in [4.78, 5) is 4.25. The van der Waals surface area contributed by atoms with E-state index in [2.05, 4.69) is 15.4 Å². The van der Waals surface area contributed by atoms with Crippen molar-refractivity contribution >= 4 is 17.5 Å². The van der Waals surface area contributed by atoms with E-state index in [1.54, 1.807) is 23.9 Å². The SMILES string of the molecule is COc1ccc(C2CC(c3c(F)cccc3Cl)n3ncnc3N2)cc1. The Balaban J connectivity index is 1.75. The Labute approximate surface area is 149 Å². The fourth-order valence-corrected chi connectivity index (χ4v) is 3.53. The van der Waals surface area contributed by atoms with Crippen molar-refractivity contribution in [3.05, 3.63) is 70.8 Å². The molecule has 128 valence electrons. The van der Waals surface area contributed by atoms with Crippen molar-refractivity contribution in [1.29, 1.82) is 0 Å². The average Bonchev–Trinajstić information content (AvgIpc) is 3.10. The lowest BCUT2D eigenvalue weighted by molar-refractivity contribution is 0.410. The molecule has 0 fully saturated rings. The first kappa shape index (κ1) is 15.9. The summed E-state index contributed by atoms with van der Waals surface area (Å²) >= 11 is 6.29. The maximum atomic E-state index is 14.5. The smallest absolute Gasteiger partial charge is 0.222 e. The third-order valence-electron chi connectivity index (χ3n) is 4.48. The Kier molecular flexibility index (Phi) is 4.05. The van der Waals surface area contributed by atoms with E-state index in [0.29, 0.717) is 23.0 Å². The second-order valence-corrected chi connectivity index (χ2v) is 6.29. The van der Waals surface area contributed by atoms with Crippen molar-refractivity contribution in [2.75, 3.05) is 12.4 Å². The summed E-state index contributed by atoms with van der Waals surface area (Å²) < 4.78 is 21.4. The highest BCUT2D eigenvalue weighted by molar-refractivity contribution is 6.31. The Bertz CT molecular complexity index is 876. The Morgan fingerprint density at radius 3 is 2.76 bits per heavy atom. The summed E-state index contributed by atoms with van der Waals surface area (Å²) in [6, 6.07) is 12.1. The van der Waals surface area contributed by atoms with Crippen LogP contribution in [-0.2, 0) is 0 Å². The molecular formula is C18H16ClFN4O. The fourth-order valence-electron chi connectivity index (χ4n) is 3.24. The molecule has 3 aromatic rings. The summed E-state index contributed by atoms with van der Waals surface area (Å²) in [6.45, 7) is 0. The molecule has 0 saturated carbocycles. The highest BCUT2D eigenvalue weighted by Crippen LogP contribution is 2.40. The number of rotatable bonds is 3. The molecule has 0 radical (unpaired) electrons. The minimum atomic E-state index is -0.339. The lowest BCUT2D eigenvalue weighted by atomic mass is 9.93. The minimum absolute atomic E-state index is 0.0386. The molecule has 1 N–H and O–H groups in total. The van der Waals surface area contributed by atoms with E-state index < -0.39 is 0 Å². The van der Waals surface area contributed by atoms with Crippen LogP contribution < -0.4 is 10.1 Å². The molecule has 2 aromatic carbocycles. The summed E-state index contributed by atoms with van der Waals surface area (Å²) in [7, 11) is 1.63. The summed E-state index contributed by atoms with van der Waals surface area (Å²) in [5.74, 6) is 1.04. The fraction of sp³-hybridized carbons (Fsp3) is 0.222. The lowest BCUT2D eigenvalue weighted by Crippen LogP contribution is -2.28. The third-order valence-corrected chi connectivity index (χ3v) is 4.81. The number of aromatic nitrogens is 3. The van der Waals surface area contributed by atoms with Crippen molar-refractivity contribution in [1.82, 2.24) is 14.8 Å². The molecule has 4 rings (SSSR count). The van der Waals surface area contributed by atoms with E-state index in [1.807, 2.05) is 24.3 Å². The van der Waals surface area contributed by atoms with Gasteiger partial charge < -0.3 is 10.1 Å². The number of methoxy groups -OCH3 is 1. The molecule has 0 amide bonds. The molecule has 7 heteroatoms. The van der Waals surface area contributed by atoms with Gasteiger partial charge in [-0.15, -0.1) is 0 Å². The molecule has 0 spiro atoms. The third kappa shape index (κ3) is 2.82. The van der Waals surface area contributed by atoms with E-state index in [9.17, 15) is 4.39 Å². The van der Waals surface area contributed by atoms with Crippen LogP contribution in [0.2, 0.25) is 5.02 Å². The Morgan fingerprint density at radius 1 is 1.24 bits per heavy atom. The number of nitrogens with zero attached hydrogens (tertiary/aromatic N) is 3. The number of hydrogen-bond donors (Lipinski definition) is 1. The van der Waals surface area contributed by atoms with E-state index in [-0.39, 0.29) is 17.9 Å². The van der Waals surface area contributed by atoms with Crippen molar-refractivity contribution < 1.29 is 9.13 Å². The van der Waals surface area contributed by atoms with Crippen LogP contribution in [0.1, 0.15) is 29.6 Å². The van der Waals surface area contributed by atoms with Crippen LogP contribution in [0, 0.1) is 5.82 Å². The van der Waals surface area contributed by atoms with Gasteiger partial charge in [-0.2, -0.15) is 10.1 Å². The van der Waals surface area contributed by atoms with Gasteiger partial charge in [-0.1, -0.05) is 29.8 Å². The Morgan fingerprint density at radius 2 is 2.04 bits per heavy atom. The summed E-state index contributed by atoms with van der Waals surface area (Å²) in [5, 5.41) is 7.99. The van der Waals surface area contributed by atoms with Gasteiger partial charge in [0.15, 0.2) is 0 Å². The summed E-state index contributed by atoms with van der Waals surface area (Å²) in [6.07, 6.45) is 2.06. The van der Waals surface area contributed by atoms with E-state index in [4.69, 9.17) is 16.3 Å². The second-order valence-electron chi connectivity index (χ2n) is 5.89. The molecule has 5 nitrogen and oxygen atoms in total. The van der Waals surface area contributed by atoms with Crippen molar-refractivity contribution in [3.63, 3.8) is 0 Å².